The van der Waals surface area contributed by atoms with Gasteiger partial charge in [-0.15, -0.1) is 4.72 Å². The molecule has 0 aliphatic rings. The SMILES string of the molecule is C[C@@H](Cc1cccc(Br)c1)N[S+]([O-])C(C)(C)C. The third-order valence-corrected chi connectivity index (χ3v) is 4.52. The summed E-state index contributed by atoms with van der Waals surface area (Å²) in [5.41, 5.74) is 1.24. The van der Waals surface area contributed by atoms with Crippen LogP contribution in [-0.2, 0) is 17.8 Å². The Kier molecular flexibility index (Phi) is 5.51. The molecule has 0 fully saturated rings. The Morgan fingerprint density at radius 2 is 2.06 bits per heavy atom. The Labute approximate surface area is 116 Å². The Hall–Kier alpha value is -0.0300. The molecular weight excluding hydrogens is 298 g/mol. The molecule has 1 N–H and O–H groups in total. The highest BCUT2D eigenvalue weighted by molar-refractivity contribution is 9.10. The van der Waals surface area contributed by atoms with Crippen molar-refractivity contribution in [2.24, 2.45) is 0 Å². The van der Waals surface area contributed by atoms with Gasteiger partial charge in [0.2, 0.25) is 0 Å². The van der Waals surface area contributed by atoms with Gasteiger partial charge in [-0.1, -0.05) is 28.1 Å². The predicted octanol–water partition coefficient (Wildman–Crippen LogP) is 3.43. The molecule has 0 aromatic heterocycles. The molecule has 0 heterocycles. The van der Waals surface area contributed by atoms with Crippen LogP contribution in [0, 0.1) is 0 Å². The van der Waals surface area contributed by atoms with Gasteiger partial charge in [0.1, 0.15) is 4.75 Å². The standard InChI is InChI=1S/C13H20BrNOS/c1-10(15-17(16)13(2,3)4)8-11-6-5-7-12(14)9-11/h5-7,9-10,15H,8H2,1-4H3/t10-,17?/m0/s1. The third kappa shape index (κ3) is 5.42. The number of hydrogen-bond acceptors (Lipinski definition) is 2. The van der Waals surface area contributed by atoms with Crippen LogP contribution >= 0.6 is 15.9 Å². The fourth-order valence-electron chi connectivity index (χ4n) is 1.42. The fraction of sp³-hybridized carbons (Fsp3) is 0.538. The summed E-state index contributed by atoms with van der Waals surface area (Å²) in [4.78, 5) is 0. The van der Waals surface area contributed by atoms with E-state index >= 15 is 0 Å². The predicted molar refractivity (Wildman–Crippen MR) is 78.3 cm³/mol. The van der Waals surface area contributed by atoms with Crippen LogP contribution in [0.5, 0.6) is 0 Å². The molecule has 2 nitrogen and oxygen atoms in total. The maximum Gasteiger partial charge on any atom is 0.136 e. The molecule has 1 aromatic rings. The molecule has 0 aliphatic carbocycles. The molecule has 2 atom stereocenters. The van der Waals surface area contributed by atoms with Crippen LogP contribution in [0.3, 0.4) is 0 Å². The highest BCUT2D eigenvalue weighted by Gasteiger charge is 2.27. The summed E-state index contributed by atoms with van der Waals surface area (Å²) in [6, 6.07) is 8.41. The Morgan fingerprint density at radius 3 is 2.59 bits per heavy atom. The lowest BCUT2D eigenvalue weighted by Gasteiger charge is -2.26. The van der Waals surface area contributed by atoms with Crippen molar-refractivity contribution in [3.63, 3.8) is 0 Å². The molecule has 1 rings (SSSR count). The molecule has 0 spiro atoms. The minimum Gasteiger partial charge on any atom is -0.598 e. The van der Waals surface area contributed by atoms with Gasteiger partial charge in [-0.2, -0.15) is 0 Å². The molecular formula is C13H20BrNOS. The van der Waals surface area contributed by atoms with Gasteiger partial charge in [-0.25, -0.2) is 0 Å². The molecule has 1 aromatic carbocycles. The largest absolute Gasteiger partial charge is 0.598 e. The number of benzene rings is 1. The Balaban J connectivity index is 2.53. The van der Waals surface area contributed by atoms with E-state index in [1.807, 2.05) is 32.9 Å². The van der Waals surface area contributed by atoms with Gasteiger partial charge in [0.25, 0.3) is 0 Å². The zero-order valence-corrected chi connectivity index (χ0v) is 13.2. The van der Waals surface area contributed by atoms with Gasteiger partial charge in [0, 0.05) is 15.8 Å². The Bertz CT molecular complexity index is 365. The lowest BCUT2D eigenvalue weighted by Crippen LogP contribution is -2.44. The molecule has 0 aliphatic heterocycles. The summed E-state index contributed by atoms with van der Waals surface area (Å²) in [6.07, 6.45) is 0.876. The van der Waals surface area contributed by atoms with Gasteiger partial charge in [0.15, 0.2) is 0 Å². The summed E-state index contributed by atoms with van der Waals surface area (Å²) < 4.78 is 15.9. The first-order chi connectivity index (χ1) is 7.79. The zero-order chi connectivity index (χ0) is 13.1. The quantitative estimate of drug-likeness (QED) is 0.863. The minimum absolute atomic E-state index is 0.198. The second-order valence-corrected chi connectivity index (χ2v) is 8.15. The minimum atomic E-state index is -1.01. The first-order valence-corrected chi connectivity index (χ1v) is 7.66. The van der Waals surface area contributed by atoms with Crippen molar-refractivity contribution < 1.29 is 4.55 Å². The lowest BCUT2D eigenvalue weighted by atomic mass is 10.1. The third-order valence-electron chi connectivity index (χ3n) is 2.30. The van der Waals surface area contributed by atoms with Crippen molar-refractivity contribution in [1.82, 2.24) is 4.72 Å². The smallest absolute Gasteiger partial charge is 0.136 e. The van der Waals surface area contributed by atoms with E-state index in [1.165, 1.54) is 5.56 Å². The van der Waals surface area contributed by atoms with Crippen molar-refractivity contribution in [3.8, 4) is 0 Å². The highest BCUT2D eigenvalue weighted by atomic mass is 79.9. The molecule has 96 valence electrons. The summed E-state index contributed by atoms with van der Waals surface area (Å²) in [5.74, 6) is 0. The van der Waals surface area contributed by atoms with Crippen LogP contribution in [-0.4, -0.2) is 15.3 Å². The molecule has 0 amide bonds. The molecule has 0 bridgehead atoms. The van der Waals surface area contributed by atoms with E-state index < -0.39 is 11.4 Å². The first kappa shape index (κ1) is 15.0. The van der Waals surface area contributed by atoms with Gasteiger partial charge >= 0.3 is 0 Å². The van der Waals surface area contributed by atoms with Crippen LogP contribution in [0.2, 0.25) is 0 Å². The zero-order valence-electron chi connectivity index (χ0n) is 10.8. The summed E-state index contributed by atoms with van der Waals surface area (Å²) in [5, 5.41) is 0. The van der Waals surface area contributed by atoms with E-state index in [1.54, 1.807) is 0 Å². The van der Waals surface area contributed by atoms with Crippen LogP contribution in [0.25, 0.3) is 0 Å². The highest BCUT2D eigenvalue weighted by Crippen LogP contribution is 2.16. The van der Waals surface area contributed by atoms with Crippen molar-refractivity contribution in [3.05, 3.63) is 34.3 Å². The van der Waals surface area contributed by atoms with E-state index in [0.29, 0.717) is 0 Å². The van der Waals surface area contributed by atoms with Gasteiger partial charge in [0.05, 0.1) is 6.04 Å². The Morgan fingerprint density at radius 1 is 1.41 bits per heavy atom. The molecule has 0 saturated heterocycles. The average molecular weight is 318 g/mol. The maximum atomic E-state index is 11.9. The number of halogens is 1. The fourth-order valence-corrected chi connectivity index (χ4v) is 2.67. The van der Waals surface area contributed by atoms with E-state index in [9.17, 15) is 4.55 Å². The van der Waals surface area contributed by atoms with Crippen molar-refractivity contribution in [2.75, 3.05) is 0 Å². The van der Waals surface area contributed by atoms with E-state index in [-0.39, 0.29) is 10.8 Å². The summed E-state index contributed by atoms with van der Waals surface area (Å²) in [6.45, 7) is 7.98. The first-order valence-electron chi connectivity index (χ1n) is 5.71. The maximum absolute atomic E-state index is 11.9. The number of nitrogens with one attached hydrogen (secondary N) is 1. The van der Waals surface area contributed by atoms with Crippen LogP contribution in [0.4, 0.5) is 0 Å². The van der Waals surface area contributed by atoms with Crippen molar-refractivity contribution >= 4 is 27.3 Å². The van der Waals surface area contributed by atoms with Gasteiger partial charge in [-0.3, -0.25) is 0 Å². The van der Waals surface area contributed by atoms with Gasteiger partial charge in [-0.05, 0) is 51.8 Å². The molecule has 0 saturated carbocycles. The molecule has 0 radical (unpaired) electrons. The topological polar surface area (TPSA) is 35.1 Å². The lowest BCUT2D eigenvalue weighted by molar-refractivity contribution is 0.526. The van der Waals surface area contributed by atoms with Crippen molar-refractivity contribution in [2.45, 2.75) is 44.9 Å². The monoisotopic (exact) mass is 317 g/mol. The van der Waals surface area contributed by atoms with Crippen LogP contribution in [0.1, 0.15) is 33.3 Å². The molecule has 1 unspecified atom stereocenters. The van der Waals surface area contributed by atoms with Gasteiger partial charge < -0.3 is 4.55 Å². The second kappa shape index (κ2) is 6.23. The number of hydrogen-bond donors (Lipinski definition) is 1. The summed E-state index contributed by atoms with van der Waals surface area (Å²) >= 11 is 2.45. The average Bonchev–Trinajstić information content (AvgIpc) is 2.15. The van der Waals surface area contributed by atoms with E-state index in [0.717, 1.165) is 10.9 Å². The second-order valence-electron chi connectivity index (χ2n) is 5.23. The van der Waals surface area contributed by atoms with Crippen molar-refractivity contribution in [1.29, 1.82) is 0 Å². The van der Waals surface area contributed by atoms with Crippen LogP contribution < -0.4 is 4.72 Å². The summed E-state index contributed by atoms with van der Waals surface area (Å²) in [7, 11) is 0. The molecule has 17 heavy (non-hydrogen) atoms. The van der Waals surface area contributed by atoms with Crippen LogP contribution in [0.15, 0.2) is 28.7 Å². The molecule has 4 heteroatoms. The van der Waals surface area contributed by atoms with E-state index in [2.05, 4.69) is 39.7 Å². The van der Waals surface area contributed by atoms with E-state index in [4.69, 9.17) is 0 Å². The number of rotatable bonds is 4. The normalized spacial score (nSPS) is 15.6.